The zero-order valence-electron chi connectivity index (χ0n) is 19.1. The Hall–Kier alpha value is -3.15. The Kier molecular flexibility index (Phi) is 9.68. The minimum atomic E-state index is -4.02. The van der Waals surface area contributed by atoms with E-state index in [4.69, 9.17) is 13.7 Å². The third-order valence-electron chi connectivity index (χ3n) is 4.49. The van der Waals surface area contributed by atoms with E-state index in [-0.39, 0.29) is 10.6 Å². The molecule has 3 aromatic rings. The molecule has 0 heterocycles. The molecule has 0 unspecified atom stereocenters. The van der Waals surface area contributed by atoms with Gasteiger partial charge in [0.2, 0.25) is 0 Å². The van der Waals surface area contributed by atoms with E-state index < -0.39 is 16.0 Å². The normalized spacial score (nSPS) is 11.2. The summed E-state index contributed by atoms with van der Waals surface area (Å²) in [5, 5.41) is 3.99. The summed E-state index contributed by atoms with van der Waals surface area (Å²) in [5.74, 6) is 0.574. The Morgan fingerprint density at radius 2 is 1.72 bits per heavy atom. The minimum Gasteiger partial charge on any atom is -0.490 e. The summed E-state index contributed by atoms with van der Waals surface area (Å²) in [6.07, 6.45) is 3.02. The van der Waals surface area contributed by atoms with Crippen molar-refractivity contribution in [1.29, 1.82) is 0 Å². The molecule has 3 aromatic carbocycles. The predicted octanol–water partition coefficient (Wildman–Crippen LogP) is 5.71. The van der Waals surface area contributed by atoms with Crippen LogP contribution >= 0.6 is 31.9 Å². The highest BCUT2D eigenvalue weighted by molar-refractivity contribution is 9.11. The van der Waals surface area contributed by atoms with E-state index in [1.165, 1.54) is 18.3 Å². The topological polar surface area (TPSA) is 103 Å². The lowest BCUT2D eigenvalue weighted by Gasteiger charge is -2.12. The summed E-state index contributed by atoms with van der Waals surface area (Å²) >= 11 is 6.66. The smallest absolute Gasteiger partial charge is 0.339 e. The van der Waals surface area contributed by atoms with Crippen molar-refractivity contribution in [2.45, 2.75) is 11.8 Å². The summed E-state index contributed by atoms with van der Waals surface area (Å²) in [6.45, 7) is 6.16. The number of benzene rings is 3. The second-order valence-electron chi connectivity index (χ2n) is 7.06. The van der Waals surface area contributed by atoms with Gasteiger partial charge in [0, 0.05) is 5.56 Å². The molecular weight excluding hydrogens is 616 g/mol. The van der Waals surface area contributed by atoms with Gasteiger partial charge in [-0.1, -0.05) is 30.9 Å². The predicted molar refractivity (Wildman–Crippen MR) is 144 cm³/mol. The maximum absolute atomic E-state index is 12.6. The van der Waals surface area contributed by atoms with E-state index in [0.717, 1.165) is 0 Å². The number of halogens is 2. The SMILES string of the molecule is C=CCOc1ccc(C(=O)N/N=C/c2cc(Br)c(OS(=O)(=O)c3ccccc3)c(Br)c2)cc1OCC. The lowest BCUT2D eigenvalue weighted by atomic mass is 10.2. The van der Waals surface area contributed by atoms with Gasteiger partial charge in [-0.3, -0.25) is 4.79 Å². The highest BCUT2D eigenvalue weighted by atomic mass is 79.9. The average Bonchev–Trinajstić information content (AvgIpc) is 2.86. The van der Waals surface area contributed by atoms with Crippen LogP contribution in [0.2, 0.25) is 0 Å². The lowest BCUT2D eigenvalue weighted by molar-refractivity contribution is 0.0954. The van der Waals surface area contributed by atoms with Crippen LogP contribution in [0.15, 0.2) is 92.3 Å². The van der Waals surface area contributed by atoms with Crippen LogP contribution in [-0.2, 0) is 10.1 Å². The number of hydrogen-bond donors (Lipinski definition) is 1. The van der Waals surface area contributed by atoms with Crippen molar-refractivity contribution in [3.8, 4) is 17.2 Å². The fraction of sp³-hybridized carbons (Fsp3) is 0.120. The van der Waals surface area contributed by atoms with Gasteiger partial charge >= 0.3 is 10.1 Å². The van der Waals surface area contributed by atoms with Crippen molar-refractivity contribution < 1.29 is 26.9 Å². The molecule has 0 aliphatic rings. The van der Waals surface area contributed by atoms with Crippen molar-refractivity contribution in [3.05, 3.63) is 93.4 Å². The first kappa shape index (κ1) is 27.4. The molecule has 1 N–H and O–H groups in total. The first-order valence-corrected chi connectivity index (χ1v) is 13.6. The number of carbonyl (C=O) groups is 1. The maximum atomic E-state index is 12.6. The van der Waals surface area contributed by atoms with Crippen LogP contribution in [0, 0.1) is 0 Å². The zero-order valence-corrected chi connectivity index (χ0v) is 23.1. The van der Waals surface area contributed by atoms with Gasteiger partial charge in [-0.15, -0.1) is 0 Å². The zero-order chi connectivity index (χ0) is 26.1. The molecule has 0 aliphatic carbocycles. The van der Waals surface area contributed by atoms with Gasteiger partial charge in [0.25, 0.3) is 5.91 Å². The second kappa shape index (κ2) is 12.7. The lowest BCUT2D eigenvalue weighted by Crippen LogP contribution is -2.17. The molecular formula is C25H22Br2N2O6S. The molecule has 8 nitrogen and oxygen atoms in total. The van der Waals surface area contributed by atoms with Gasteiger partial charge in [0.1, 0.15) is 11.5 Å². The van der Waals surface area contributed by atoms with E-state index in [1.54, 1.807) is 54.6 Å². The summed E-state index contributed by atoms with van der Waals surface area (Å²) in [4.78, 5) is 12.6. The summed E-state index contributed by atoms with van der Waals surface area (Å²) in [5.41, 5.74) is 3.36. The van der Waals surface area contributed by atoms with Crippen LogP contribution in [0.1, 0.15) is 22.8 Å². The first-order chi connectivity index (χ1) is 17.2. The van der Waals surface area contributed by atoms with E-state index in [9.17, 15) is 13.2 Å². The van der Waals surface area contributed by atoms with Gasteiger partial charge in [0.15, 0.2) is 17.2 Å². The number of amides is 1. The van der Waals surface area contributed by atoms with Gasteiger partial charge in [-0.25, -0.2) is 5.43 Å². The molecule has 0 saturated heterocycles. The second-order valence-corrected chi connectivity index (χ2v) is 10.3. The van der Waals surface area contributed by atoms with Crippen molar-refractivity contribution >= 4 is 54.1 Å². The average molecular weight is 638 g/mol. The minimum absolute atomic E-state index is 0.0324. The number of nitrogens with one attached hydrogen (secondary N) is 1. The van der Waals surface area contributed by atoms with Crippen LogP contribution in [0.3, 0.4) is 0 Å². The number of ether oxygens (including phenoxy) is 2. The van der Waals surface area contributed by atoms with Crippen molar-refractivity contribution in [3.63, 3.8) is 0 Å². The molecule has 11 heteroatoms. The number of hydrazone groups is 1. The molecule has 1 amide bonds. The monoisotopic (exact) mass is 636 g/mol. The molecule has 0 radical (unpaired) electrons. The molecule has 0 aliphatic heterocycles. The molecule has 0 spiro atoms. The Morgan fingerprint density at radius 3 is 2.36 bits per heavy atom. The van der Waals surface area contributed by atoms with Crippen LogP contribution in [0.4, 0.5) is 0 Å². The van der Waals surface area contributed by atoms with Gasteiger partial charge < -0.3 is 13.7 Å². The Balaban J connectivity index is 1.71. The fourth-order valence-corrected chi connectivity index (χ4v) is 5.48. The third-order valence-corrected chi connectivity index (χ3v) is 6.90. The Morgan fingerprint density at radius 1 is 1.03 bits per heavy atom. The Bertz CT molecular complexity index is 1360. The van der Waals surface area contributed by atoms with E-state index in [1.807, 2.05) is 6.92 Å². The molecule has 0 aromatic heterocycles. The van der Waals surface area contributed by atoms with Crippen molar-refractivity contribution in [1.82, 2.24) is 5.43 Å². The van der Waals surface area contributed by atoms with Crippen molar-refractivity contribution in [2.24, 2.45) is 5.10 Å². The Labute approximate surface area is 226 Å². The number of nitrogens with zero attached hydrogens (tertiary/aromatic N) is 1. The summed E-state index contributed by atoms with van der Waals surface area (Å²) in [7, 11) is -4.02. The third kappa shape index (κ3) is 7.19. The van der Waals surface area contributed by atoms with Crippen LogP contribution in [0.5, 0.6) is 17.2 Å². The maximum Gasteiger partial charge on any atom is 0.339 e. The molecule has 0 saturated carbocycles. The number of carbonyl (C=O) groups excluding carboxylic acids is 1. The van der Waals surface area contributed by atoms with Crippen LogP contribution in [-0.4, -0.2) is 33.8 Å². The summed E-state index contributed by atoms with van der Waals surface area (Å²) < 4.78 is 42.3. The fourth-order valence-electron chi connectivity index (χ4n) is 2.89. The molecule has 36 heavy (non-hydrogen) atoms. The van der Waals surface area contributed by atoms with E-state index >= 15 is 0 Å². The largest absolute Gasteiger partial charge is 0.490 e. The number of rotatable bonds is 11. The van der Waals surface area contributed by atoms with E-state index in [2.05, 4.69) is 49.0 Å². The molecule has 3 rings (SSSR count). The standard InChI is InChI=1S/C25H22Br2N2O6S/c1-3-12-34-22-11-10-18(15-23(22)33-4-2)25(30)29-28-16-17-13-20(26)24(21(27)14-17)35-36(31,32)19-8-6-5-7-9-19/h3,5-11,13-16H,1,4,12H2,2H3,(H,29,30)/b28-16+. The highest BCUT2D eigenvalue weighted by Gasteiger charge is 2.20. The quantitative estimate of drug-likeness (QED) is 0.125. The van der Waals surface area contributed by atoms with Crippen molar-refractivity contribution in [2.75, 3.05) is 13.2 Å². The van der Waals surface area contributed by atoms with Crippen LogP contribution in [0.25, 0.3) is 0 Å². The van der Waals surface area contributed by atoms with Gasteiger partial charge in [-0.05, 0) is 86.8 Å². The van der Waals surface area contributed by atoms with E-state index in [0.29, 0.717) is 44.8 Å². The first-order valence-electron chi connectivity index (χ1n) is 10.6. The number of hydrogen-bond acceptors (Lipinski definition) is 7. The molecule has 188 valence electrons. The highest BCUT2D eigenvalue weighted by Crippen LogP contribution is 2.36. The van der Waals surface area contributed by atoms with Gasteiger partial charge in [0.05, 0.1) is 21.8 Å². The van der Waals surface area contributed by atoms with Crippen LogP contribution < -0.4 is 19.1 Å². The molecule has 0 atom stereocenters. The summed E-state index contributed by atoms with van der Waals surface area (Å²) in [6, 6.07) is 15.8. The molecule has 0 bridgehead atoms. The van der Waals surface area contributed by atoms with Gasteiger partial charge in [-0.2, -0.15) is 13.5 Å². The molecule has 0 fully saturated rings.